The van der Waals surface area contributed by atoms with E-state index in [0.717, 1.165) is 38.7 Å². The third kappa shape index (κ3) is 4.24. The van der Waals surface area contributed by atoms with E-state index >= 15 is 0 Å². The van der Waals surface area contributed by atoms with Crippen molar-refractivity contribution in [3.8, 4) is 22.4 Å². The quantitative estimate of drug-likeness (QED) is 0.471. The van der Waals surface area contributed by atoms with E-state index in [-0.39, 0.29) is 6.09 Å². The Morgan fingerprint density at radius 2 is 1.81 bits per heavy atom. The number of fused-ring (bicyclic) bond motifs is 1. The summed E-state index contributed by atoms with van der Waals surface area (Å²) in [7, 11) is 0. The molecular weight excluding hydrogens is 424 g/mol. The predicted octanol–water partition coefficient (Wildman–Crippen LogP) is 6.10. The van der Waals surface area contributed by atoms with Gasteiger partial charge in [-0.1, -0.05) is 17.7 Å². The van der Waals surface area contributed by atoms with E-state index in [9.17, 15) is 4.79 Å². The Balaban J connectivity index is 1.87. The van der Waals surface area contributed by atoms with Gasteiger partial charge in [0.1, 0.15) is 11.3 Å². The molecule has 1 aromatic carbocycles. The first-order chi connectivity index (χ1) is 15.0. The first kappa shape index (κ1) is 22.3. The number of carbonyl (C=O) groups is 1. The molecule has 4 rings (SSSR count). The minimum atomic E-state index is -0.565. The Kier molecular flexibility index (Phi) is 5.53. The Labute approximate surface area is 194 Å². The summed E-state index contributed by atoms with van der Waals surface area (Å²) < 4.78 is 7.75. The highest BCUT2D eigenvalue weighted by Gasteiger charge is 2.41. The van der Waals surface area contributed by atoms with Crippen molar-refractivity contribution in [3.05, 3.63) is 59.0 Å². The maximum atomic E-state index is 13.1. The summed E-state index contributed by atoms with van der Waals surface area (Å²) in [6.07, 6.45) is 3.23. The molecule has 3 heterocycles. The van der Waals surface area contributed by atoms with Crippen LogP contribution in [0.3, 0.4) is 0 Å². The van der Waals surface area contributed by atoms with Crippen LogP contribution < -0.4 is 0 Å². The number of hydrogen-bond donors (Lipinski definition) is 0. The van der Waals surface area contributed by atoms with Gasteiger partial charge in [0.2, 0.25) is 0 Å². The standard InChI is InChI=1S/C25H29ClN4O2/c1-16-13-18(7-8-19(16)26)22-21(17-9-11-27-12-10-17)20-14-29(23(31)32-24(2,3)4)25(5,6)15-30(20)28-22/h7-13H,14-15H2,1-6H3. The number of pyridine rings is 1. The second kappa shape index (κ2) is 7.93. The zero-order chi connectivity index (χ0) is 23.3. The Hall–Kier alpha value is -2.86. The lowest BCUT2D eigenvalue weighted by Gasteiger charge is -2.42. The van der Waals surface area contributed by atoms with E-state index < -0.39 is 11.1 Å². The molecule has 1 aliphatic heterocycles. The van der Waals surface area contributed by atoms with Gasteiger partial charge in [0.15, 0.2) is 0 Å². The smallest absolute Gasteiger partial charge is 0.411 e. The second-order valence-electron chi connectivity index (χ2n) is 9.91. The number of aromatic nitrogens is 3. The number of aryl methyl sites for hydroxylation is 1. The summed E-state index contributed by atoms with van der Waals surface area (Å²) in [4.78, 5) is 19.1. The summed E-state index contributed by atoms with van der Waals surface area (Å²) in [5.41, 5.74) is 4.81. The number of ether oxygens (including phenoxy) is 1. The first-order valence-electron chi connectivity index (χ1n) is 10.7. The maximum absolute atomic E-state index is 13.1. The van der Waals surface area contributed by atoms with Crippen LogP contribution in [0.15, 0.2) is 42.7 Å². The SMILES string of the molecule is Cc1cc(-c2nn3c(c2-c2ccncc2)CN(C(=O)OC(C)(C)C)C(C)(C)C3)ccc1Cl. The summed E-state index contributed by atoms with van der Waals surface area (Å²) >= 11 is 6.28. The highest BCUT2D eigenvalue weighted by molar-refractivity contribution is 6.31. The van der Waals surface area contributed by atoms with E-state index in [2.05, 4.69) is 11.1 Å². The molecule has 1 amide bonds. The van der Waals surface area contributed by atoms with Crippen LogP contribution in [-0.4, -0.2) is 36.9 Å². The average molecular weight is 453 g/mol. The van der Waals surface area contributed by atoms with Gasteiger partial charge < -0.3 is 4.74 Å². The highest BCUT2D eigenvalue weighted by atomic mass is 35.5. The van der Waals surface area contributed by atoms with Crippen molar-refractivity contribution in [2.45, 2.75) is 65.8 Å². The normalized spacial score (nSPS) is 15.4. The topological polar surface area (TPSA) is 60.2 Å². The molecule has 32 heavy (non-hydrogen) atoms. The third-order valence-electron chi connectivity index (χ3n) is 5.65. The Morgan fingerprint density at radius 3 is 2.44 bits per heavy atom. The number of carbonyl (C=O) groups excluding carboxylic acids is 1. The van der Waals surface area contributed by atoms with E-state index in [1.807, 2.05) is 70.5 Å². The summed E-state index contributed by atoms with van der Waals surface area (Å²) in [5.74, 6) is 0. The summed E-state index contributed by atoms with van der Waals surface area (Å²) in [6.45, 7) is 12.7. The third-order valence-corrected chi connectivity index (χ3v) is 6.07. The van der Waals surface area contributed by atoms with E-state index in [1.165, 1.54) is 0 Å². The van der Waals surface area contributed by atoms with Gasteiger partial charge in [-0.25, -0.2) is 4.79 Å². The highest BCUT2D eigenvalue weighted by Crippen LogP contribution is 2.40. The van der Waals surface area contributed by atoms with Crippen molar-refractivity contribution >= 4 is 17.7 Å². The number of hydrogen-bond acceptors (Lipinski definition) is 4. The molecule has 0 bridgehead atoms. The van der Waals surface area contributed by atoms with Gasteiger partial charge in [-0.2, -0.15) is 5.10 Å². The zero-order valence-electron chi connectivity index (χ0n) is 19.4. The molecular formula is C25H29ClN4O2. The van der Waals surface area contributed by atoms with Crippen molar-refractivity contribution in [3.63, 3.8) is 0 Å². The van der Waals surface area contributed by atoms with Crippen LogP contribution in [0.5, 0.6) is 0 Å². The molecule has 0 saturated carbocycles. The maximum Gasteiger partial charge on any atom is 0.411 e. The predicted molar refractivity (Wildman–Crippen MR) is 126 cm³/mol. The molecule has 1 aliphatic rings. The fraction of sp³-hybridized carbons (Fsp3) is 0.400. The van der Waals surface area contributed by atoms with Crippen LogP contribution in [0.25, 0.3) is 22.4 Å². The Bertz CT molecular complexity index is 1160. The summed E-state index contributed by atoms with van der Waals surface area (Å²) in [5, 5.41) is 5.73. The lowest BCUT2D eigenvalue weighted by atomic mass is 9.95. The van der Waals surface area contributed by atoms with Gasteiger partial charge in [0, 0.05) is 28.5 Å². The molecule has 0 aliphatic carbocycles. The number of amides is 1. The molecule has 7 heteroatoms. The van der Waals surface area contributed by atoms with Gasteiger partial charge in [0.25, 0.3) is 0 Å². The van der Waals surface area contributed by atoms with E-state index in [4.69, 9.17) is 21.4 Å². The zero-order valence-corrected chi connectivity index (χ0v) is 20.2. The van der Waals surface area contributed by atoms with Gasteiger partial charge in [-0.15, -0.1) is 0 Å². The molecule has 0 radical (unpaired) electrons. The first-order valence-corrected chi connectivity index (χ1v) is 11.1. The number of halogens is 1. The fourth-order valence-corrected chi connectivity index (χ4v) is 4.17. The molecule has 0 spiro atoms. The number of rotatable bonds is 2. The van der Waals surface area contributed by atoms with E-state index in [1.54, 1.807) is 17.3 Å². The van der Waals surface area contributed by atoms with Crippen LogP contribution in [0, 0.1) is 6.92 Å². The fourth-order valence-electron chi connectivity index (χ4n) is 4.05. The average Bonchev–Trinajstić information content (AvgIpc) is 3.05. The van der Waals surface area contributed by atoms with Crippen molar-refractivity contribution in [2.75, 3.05) is 0 Å². The lowest BCUT2D eigenvalue weighted by Crippen LogP contribution is -2.54. The molecule has 0 atom stereocenters. The number of nitrogens with zero attached hydrogens (tertiary/aromatic N) is 4. The lowest BCUT2D eigenvalue weighted by molar-refractivity contribution is -0.0110. The van der Waals surface area contributed by atoms with Crippen molar-refractivity contribution in [2.24, 2.45) is 0 Å². The molecule has 0 fully saturated rings. The molecule has 2 aromatic heterocycles. The van der Waals surface area contributed by atoms with Crippen molar-refractivity contribution in [1.82, 2.24) is 19.7 Å². The van der Waals surface area contributed by atoms with Crippen molar-refractivity contribution in [1.29, 1.82) is 0 Å². The van der Waals surface area contributed by atoms with Crippen molar-refractivity contribution < 1.29 is 9.53 Å². The molecule has 168 valence electrons. The minimum Gasteiger partial charge on any atom is -0.444 e. The van der Waals surface area contributed by atoms with Crippen LogP contribution in [0.1, 0.15) is 45.9 Å². The van der Waals surface area contributed by atoms with E-state index in [0.29, 0.717) is 13.1 Å². The summed E-state index contributed by atoms with van der Waals surface area (Å²) in [6, 6.07) is 9.89. The largest absolute Gasteiger partial charge is 0.444 e. The van der Waals surface area contributed by atoms with Crippen LogP contribution in [0.4, 0.5) is 4.79 Å². The van der Waals surface area contributed by atoms with Gasteiger partial charge in [-0.3, -0.25) is 14.6 Å². The monoisotopic (exact) mass is 452 g/mol. The van der Waals surface area contributed by atoms with Gasteiger partial charge >= 0.3 is 6.09 Å². The minimum absolute atomic E-state index is 0.320. The van der Waals surface area contributed by atoms with Crippen LogP contribution in [0.2, 0.25) is 5.02 Å². The second-order valence-corrected chi connectivity index (χ2v) is 10.3. The molecule has 0 saturated heterocycles. The van der Waals surface area contributed by atoms with Crippen LogP contribution in [-0.2, 0) is 17.8 Å². The van der Waals surface area contributed by atoms with Gasteiger partial charge in [0.05, 0.1) is 24.3 Å². The molecule has 0 N–H and O–H groups in total. The van der Waals surface area contributed by atoms with Crippen LogP contribution >= 0.6 is 11.6 Å². The molecule has 6 nitrogen and oxygen atoms in total. The van der Waals surface area contributed by atoms with Gasteiger partial charge in [-0.05, 0) is 76.9 Å². The molecule has 3 aromatic rings. The Morgan fingerprint density at radius 1 is 1.12 bits per heavy atom. The molecule has 0 unspecified atom stereocenters. The number of benzene rings is 1.